The predicted octanol–water partition coefficient (Wildman–Crippen LogP) is 4.49. The van der Waals surface area contributed by atoms with Gasteiger partial charge >= 0.3 is 0 Å². The molecule has 1 aliphatic rings. The highest BCUT2D eigenvalue weighted by Crippen LogP contribution is 2.23. The largest absolute Gasteiger partial charge is 0.494 e. The standard InChI is InChI=1S/C22H24N2O2/c25-22(21-16-18-6-4-5-9-20(18)23-21)24-13-10-17(11-14-24)12-15-26-19-7-2-1-3-8-19/h1-9,16-17,23H,10-15H2. The molecule has 1 saturated heterocycles. The number of hydrogen-bond acceptors (Lipinski definition) is 2. The number of rotatable bonds is 5. The molecule has 3 aromatic rings. The number of nitrogens with zero attached hydrogens (tertiary/aromatic N) is 1. The van der Waals surface area contributed by atoms with Crippen molar-refractivity contribution in [2.45, 2.75) is 19.3 Å². The first kappa shape index (κ1) is 16.7. The zero-order valence-electron chi connectivity index (χ0n) is 14.9. The first-order valence-corrected chi connectivity index (χ1v) is 9.34. The topological polar surface area (TPSA) is 45.3 Å². The minimum Gasteiger partial charge on any atom is -0.494 e. The van der Waals surface area contributed by atoms with Crippen LogP contribution in [0.5, 0.6) is 5.75 Å². The molecule has 1 amide bonds. The van der Waals surface area contributed by atoms with Crippen molar-refractivity contribution >= 4 is 16.8 Å². The Morgan fingerprint density at radius 1 is 1.04 bits per heavy atom. The lowest BCUT2D eigenvalue weighted by atomic mass is 9.94. The van der Waals surface area contributed by atoms with Gasteiger partial charge in [-0.25, -0.2) is 0 Å². The quantitative estimate of drug-likeness (QED) is 0.738. The summed E-state index contributed by atoms with van der Waals surface area (Å²) in [5.41, 5.74) is 1.71. The molecule has 2 aromatic carbocycles. The molecule has 1 N–H and O–H groups in total. The van der Waals surface area contributed by atoms with Crippen molar-refractivity contribution in [1.82, 2.24) is 9.88 Å². The van der Waals surface area contributed by atoms with Crippen LogP contribution < -0.4 is 4.74 Å². The first-order valence-electron chi connectivity index (χ1n) is 9.34. The first-order chi connectivity index (χ1) is 12.8. The lowest BCUT2D eigenvalue weighted by molar-refractivity contribution is 0.0675. The Bertz CT molecular complexity index is 831. The van der Waals surface area contributed by atoms with Crippen LogP contribution in [-0.4, -0.2) is 35.5 Å². The summed E-state index contributed by atoms with van der Waals surface area (Å²) in [5, 5.41) is 1.09. The number of aromatic nitrogens is 1. The van der Waals surface area contributed by atoms with E-state index in [-0.39, 0.29) is 5.91 Å². The number of nitrogens with one attached hydrogen (secondary N) is 1. The van der Waals surface area contributed by atoms with Crippen molar-refractivity contribution in [2.24, 2.45) is 5.92 Å². The summed E-state index contributed by atoms with van der Waals surface area (Å²) < 4.78 is 5.80. The second kappa shape index (κ2) is 7.65. The Balaban J connectivity index is 1.27. The highest BCUT2D eigenvalue weighted by Gasteiger charge is 2.24. The summed E-state index contributed by atoms with van der Waals surface area (Å²) >= 11 is 0. The van der Waals surface area contributed by atoms with Crippen molar-refractivity contribution in [3.05, 3.63) is 66.4 Å². The van der Waals surface area contributed by atoms with E-state index in [1.54, 1.807) is 0 Å². The van der Waals surface area contributed by atoms with Gasteiger partial charge in [-0.15, -0.1) is 0 Å². The van der Waals surface area contributed by atoms with Crippen LogP contribution in [0, 0.1) is 5.92 Å². The van der Waals surface area contributed by atoms with E-state index < -0.39 is 0 Å². The summed E-state index contributed by atoms with van der Waals surface area (Å²) in [5.74, 6) is 1.67. The van der Waals surface area contributed by atoms with E-state index in [2.05, 4.69) is 4.98 Å². The smallest absolute Gasteiger partial charge is 0.270 e. The van der Waals surface area contributed by atoms with E-state index in [9.17, 15) is 4.79 Å². The molecule has 0 radical (unpaired) electrons. The number of carbonyl (C=O) groups excluding carboxylic acids is 1. The molecule has 0 saturated carbocycles. The predicted molar refractivity (Wildman–Crippen MR) is 103 cm³/mol. The van der Waals surface area contributed by atoms with Crippen LogP contribution >= 0.6 is 0 Å². The van der Waals surface area contributed by atoms with Crippen LogP contribution in [0.1, 0.15) is 29.8 Å². The summed E-state index contributed by atoms with van der Waals surface area (Å²) in [7, 11) is 0. The number of ether oxygens (including phenoxy) is 1. The molecule has 1 aliphatic heterocycles. The number of amides is 1. The molecule has 4 heteroatoms. The van der Waals surface area contributed by atoms with Crippen LogP contribution in [0.15, 0.2) is 60.7 Å². The van der Waals surface area contributed by atoms with Crippen molar-refractivity contribution in [2.75, 3.05) is 19.7 Å². The fourth-order valence-electron chi connectivity index (χ4n) is 3.64. The number of hydrogen-bond donors (Lipinski definition) is 1. The minimum atomic E-state index is 0.111. The molecule has 0 bridgehead atoms. The van der Waals surface area contributed by atoms with Crippen LogP contribution in [-0.2, 0) is 0 Å². The Labute approximate surface area is 153 Å². The van der Waals surface area contributed by atoms with Crippen molar-refractivity contribution in [3.63, 3.8) is 0 Å². The average Bonchev–Trinajstić information content (AvgIpc) is 3.13. The number of para-hydroxylation sites is 2. The van der Waals surface area contributed by atoms with Gasteiger partial charge in [0.25, 0.3) is 5.91 Å². The van der Waals surface area contributed by atoms with Crippen LogP contribution in [0.25, 0.3) is 10.9 Å². The fraction of sp³-hybridized carbons (Fsp3) is 0.318. The molecule has 134 valence electrons. The molecule has 1 aromatic heterocycles. The Morgan fingerprint density at radius 3 is 2.54 bits per heavy atom. The van der Waals surface area contributed by atoms with Crippen molar-refractivity contribution in [3.8, 4) is 5.75 Å². The molecule has 4 nitrogen and oxygen atoms in total. The zero-order chi connectivity index (χ0) is 17.8. The number of fused-ring (bicyclic) bond motifs is 1. The van der Waals surface area contributed by atoms with Gasteiger partial charge in [-0.1, -0.05) is 36.4 Å². The summed E-state index contributed by atoms with van der Waals surface area (Å²) in [4.78, 5) is 18.0. The average molecular weight is 348 g/mol. The molecule has 0 aliphatic carbocycles. The Kier molecular flexibility index (Phi) is 4.91. The van der Waals surface area contributed by atoms with Gasteiger partial charge in [-0.05, 0) is 49.4 Å². The van der Waals surface area contributed by atoms with Gasteiger partial charge in [0.15, 0.2) is 0 Å². The summed E-state index contributed by atoms with van der Waals surface area (Å²) in [6.45, 7) is 2.39. The van der Waals surface area contributed by atoms with E-state index in [0.717, 1.165) is 55.6 Å². The summed E-state index contributed by atoms with van der Waals surface area (Å²) in [6.07, 6.45) is 3.14. The van der Waals surface area contributed by atoms with Gasteiger partial charge in [0.05, 0.1) is 6.61 Å². The van der Waals surface area contributed by atoms with E-state index >= 15 is 0 Å². The van der Waals surface area contributed by atoms with Gasteiger partial charge in [0, 0.05) is 24.0 Å². The van der Waals surface area contributed by atoms with Gasteiger partial charge in [0.1, 0.15) is 11.4 Å². The van der Waals surface area contributed by atoms with E-state index in [0.29, 0.717) is 11.6 Å². The number of carbonyl (C=O) groups is 1. The fourth-order valence-corrected chi connectivity index (χ4v) is 3.64. The molecule has 2 heterocycles. The molecular formula is C22H24N2O2. The molecule has 4 rings (SSSR count). The van der Waals surface area contributed by atoms with Gasteiger partial charge in [0.2, 0.25) is 0 Å². The van der Waals surface area contributed by atoms with E-state index in [1.165, 1.54) is 0 Å². The third-order valence-corrected chi connectivity index (χ3v) is 5.20. The maximum absolute atomic E-state index is 12.7. The maximum Gasteiger partial charge on any atom is 0.270 e. The summed E-state index contributed by atoms with van der Waals surface area (Å²) in [6, 6.07) is 19.9. The maximum atomic E-state index is 12.7. The normalized spacial score (nSPS) is 15.3. The van der Waals surface area contributed by atoms with Crippen molar-refractivity contribution < 1.29 is 9.53 Å². The van der Waals surface area contributed by atoms with Crippen LogP contribution in [0.2, 0.25) is 0 Å². The zero-order valence-corrected chi connectivity index (χ0v) is 14.9. The lowest BCUT2D eigenvalue weighted by Crippen LogP contribution is -2.38. The Morgan fingerprint density at radius 2 is 1.77 bits per heavy atom. The number of piperidine rings is 1. The van der Waals surface area contributed by atoms with Gasteiger partial charge < -0.3 is 14.6 Å². The monoisotopic (exact) mass is 348 g/mol. The van der Waals surface area contributed by atoms with Crippen LogP contribution in [0.3, 0.4) is 0 Å². The lowest BCUT2D eigenvalue weighted by Gasteiger charge is -2.31. The second-order valence-corrected chi connectivity index (χ2v) is 6.96. The number of benzene rings is 2. The molecule has 0 unspecified atom stereocenters. The van der Waals surface area contributed by atoms with E-state index in [1.807, 2.05) is 65.6 Å². The molecule has 1 fully saturated rings. The molecular weight excluding hydrogens is 324 g/mol. The highest BCUT2D eigenvalue weighted by molar-refractivity contribution is 5.98. The van der Waals surface area contributed by atoms with Gasteiger partial charge in [-0.2, -0.15) is 0 Å². The van der Waals surface area contributed by atoms with E-state index in [4.69, 9.17) is 4.74 Å². The second-order valence-electron chi connectivity index (χ2n) is 6.96. The number of H-pyrrole nitrogens is 1. The SMILES string of the molecule is O=C(c1cc2ccccc2[nH]1)N1CCC(CCOc2ccccc2)CC1. The minimum absolute atomic E-state index is 0.111. The molecule has 0 atom stereocenters. The Hall–Kier alpha value is -2.75. The number of likely N-dealkylation sites (tertiary alicyclic amines) is 1. The number of aromatic amines is 1. The van der Waals surface area contributed by atoms with Crippen LogP contribution in [0.4, 0.5) is 0 Å². The molecule has 0 spiro atoms. The third-order valence-electron chi connectivity index (χ3n) is 5.20. The van der Waals surface area contributed by atoms with Crippen molar-refractivity contribution in [1.29, 1.82) is 0 Å². The molecule has 26 heavy (non-hydrogen) atoms. The third kappa shape index (κ3) is 3.74. The van der Waals surface area contributed by atoms with Gasteiger partial charge in [-0.3, -0.25) is 4.79 Å². The highest BCUT2D eigenvalue weighted by atomic mass is 16.5.